The van der Waals surface area contributed by atoms with Crippen molar-refractivity contribution in [2.75, 3.05) is 7.11 Å². The van der Waals surface area contributed by atoms with E-state index in [4.69, 9.17) is 10.5 Å². The lowest BCUT2D eigenvalue weighted by atomic mass is 10.1. The van der Waals surface area contributed by atoms with E-state index in [1.165, 1.54) is 0 Å². The summed E-state index contributed by atoms with van der Waals surface area (Å²) in [7, 11) is 1.56. The van der Waals surface area contributed by atoms with Crippen LogP contribution >= 0.6 is 0 Å². The molecule has 0 aromatic heterocycles. The number of phenols is 1. The number of rotatable bonds is 3. The first-order valence-electron chi connectivity index (χ1n) is 4.44. The summed E-state index contributed by atoms with van der Waals surface area (Å²) in [5.41, 5.74) is 6.29. The van der Waals surface area contributed by atoms with Gasteiger partial charge in [-0.2, -0.15) is 0 Å². The van der Waals surface area contributed by atoms with Gasteiger partial charge in [-0.25, -0.2) is 0 Å². The Hall–Kier alpha value is -1.48. The Morgan fingerprint density at radius 1 is 1.50 bits per heavy atom. The van der Waals surface area contributed by atoms with Gasteiger partial charge in [0.25, 0.3) is 0 Å². The van der Waals surface area contributed by atoms with Crippen molar-refractivity contribution in [3.05, 3.63) is 29.8 Å². The van der Waals surface area contributed by atoms with Crippen LogP contribution in [0.5, 0.6) is 11.5 Å². The summed E-state index contributed by atoms with van der Waals surface area (Å²) < 4.78 is 4.97. The predicted molar refractivity (Wildman–Crippen MR) is 57.3 cm³/mol. The van der Waals surface area contributed by atoms with E-state index in [0.29, 0.717) is 5.75 Å². The third-order valence-corrected chi connectivity index (χ3v) is 1.82. The molecule has 0 aliphatic carbocycles. The average molecular weight is 193 g/mol. The molecule has 0 radical (unpaired) electrons. The van der Waals surface area contributed by atoms with E-state index in [1.807, 2.05) is 13.0 Å². The van der Waals surface area contributed by atoms with E-state index in [1.54, 1.807) is 31.4 Å². The monoisotopic (exact) mass is 193 g/mol. The molecule has 0 spiro atoms. The summed E-state index contributed by atoms with van der Waals surface area (Å²) in [5, 5.41) is 9.56. The summed E-state index contributed by atoms with van der Waals surface area (Å²) in [6, 6.07) is 5.13. The summed E-state index contributed by atoms with van der Waals surface area (Å²) >= 11 is 0. The number of hydrogen-bond donors (Lipinski definition) is 2. The van der Waals surface area contributed by atoms with Crippen molar-refractivity contribution in [1.82, 2.24) is 0 Å². The summed E-state index contributed by atoms with van der Waals surface area (Å²) in [6.07, 6.45) is 3.61. The van der Waals surface area contributed by atoms with E-state index in [9.17, 15) is 5.11 Å². The zero-order valence-corrected chi connectivity index (χ0v) is 8.40. The summed E-state index contributed by atoms with van der Waals surface area (Å²) in [6.45, 7) is 1.87. The Kier molecular flexibility index (Phi) is 3.54. The normalized spacial score (nSPS) is 13.1. The highest BCUT2D eigenvalue weighted by molar-refractivity contribution is 5.58. The molecule has 76 valence electrons. The van der Waals surface area contributed by atoms with Crippen LogP contribution in [0, 0.1) is 0 Å². The van der Waals surface area contributed by atoms with Crippen molar-refractivity contribution in [2.24, 2.45) is 5.73 Å². The van der Waals surface area contributed by atoms with Gasteiger partial charge >= 0.3 is 0 Å². The predicted octanol–water partition coefficient (Wildman–Crippen LogP) is 1.76. The fourth-order valence-corrected chi connectivity index (χ4v) is 1.05. The molecule has 0 amide bonds. The van der Waals surface area contributed by atoms with Gasteiger partial charge in [-0.1, -0.05) is 12.2 Å². The molecule has 1 aromatic rings. The number of benzene rings is 1. The Morgan fingerprint density at radius 3 is 2.71 bits per heavy atom. The molecular weight excluding hydrogens is 178 g/mol. The third kappa shape index (κ3) is 2.78. The van der Waals surface area contributed by atoms with Gasteiger partial charge in [0.05, 0.1) is 7.11 Å². The lowest BCUT2D eigenvalue weighted by Gasteiger charge is -2.03. The highest BCUT2D eigenvalue weighted by atomic mass is 16.5. The number of phenolic OH excluding ortho intramolecular Hbond substituents is 1. The molecule has 1 rings (SSSR count). The maximum Gasteiger partial charge on any atom is 0.126 e. The molecule has 0 saturated carbocycles. The minimum atomic E-state index is -0.0171. The van der Waals surface area contributed by atoms with Crippen LogP contribution < -0.4 is 10.5 Å². The van der Waals surface area contributed by atoms with Crippen LogP contribution in [-0.4, -0.2) is 18.3 Å². The Morgan fingerprint density at radius 2 is 2.21 bits per heavy atom. The van der Waals surface area contributed by atoms with E-state index >= 15 is 0 Å². The van der Waals surface area contributed by atoms with E-state index in [-0.39, 0.29) is 11.8 Å². The van der Waals surface area contributed by atoms with E-state index < -0.39 is 0 Å². The zero-order chi connectivity index (χ0) is 10.6. The first-order chi connectivity index (χ1) is 6.63. The van der Waals surface area contributed by atoms with Crippen molar-refractivity contribution in [3.63, 3.8) is 0 Å². The molecular formula is C11H15NO2. The van der Waals surface area contributed by atoms with Gasteiger partial charge in [0.15, 0.2) is 0 Å². The second kappa shape index (κ2) is 4.67. The number of ether oxygens (including phenoxy) is 1. The minimum Gasteiger partial charge on any atom is -0.507 e. The summed E-state index contributed by atoms with van der Waals surface area (Å²) in [4.78, 5) is 0. The average Bonchev–Trinajstić information content (AvgIpc) is 2.15. The Balaban J connectivity index is 2.89. The molecule has 0 aliphatic heterocycles. The second-order valence-electron chi connectivity index (χ2n) is 3.14. The summed E-state index contributed by atoms with van der Waals surface area (Å²) in [5.74, 6) is 0.835. The van der Waals surface area contributed by atoms with Crippen LogP contribution in [0.25, 0.3) is 6.08 Å². The van der Waals surface area contributed by atoms with Crippen molar-refractivity contribution in [1.29, 1.82) is 0 Å². The maximum absolute atomic E-state index is 9.56. The fourth-order valence-electron chi connectivity index (χ4n) is 1.05. The third-order valence-electron chi connectivity index (χ3n) is 1.82. The highest BCUT2D eigenvalue weighted by Gasteiger charge is 1.99. The van der Waals surface area contributed by atoms with E-state index in [0.717, 1.165) is 5.56 Å². The van der Waals surface area contributed by atoms with E-state index in [2.05, 4.69) is 0 Å². The largest absolute Gasteiger partial charge is 0.507 e. The van der Waals surface area contributed by atoms with Gasteiger partial charge in [-0.3, -0.25) is 0 Å². The molecule has 3 N–H and O–H groups in total. The lowest BCUT2D eigenvalue weighted by molar-refractivity contribution is 0.407. The number of hydrogen-bond acceptors (Lipinski definition) is 3. The quantitative estimate of drug-likeness (QED) is 0.769. The Bertz CT molecular complexity index is 332. The Labute approximate surface area is 83.8 Å². The second-order valence-corrected chi connectivity index (χ2v) is 3.14. The molecule has 14 heavy (non-hydrogen) atoms. The number of methoxy groups -OCH3 is 1. The fraction of sp³-hybridized carbons (Fsp3) is 0.273. The van der Waals surface area contributed by atoms with Crippen molar-refractivity contribution in [2.45, 2.75) is 13.0 Å². The minimum absolute atomic E-state index is 0.0171. The maximum atomic E-state index is 9.56. The standard InChI is InChI=1S/C11H15NO2/c1-8(12)3-4-9-5-6-10(14-2)7-11(9)13/h3-8,13H,12H2,1-2H3/b4-3+. The van der Waals surface area contributed by atoms with Gasteiger partial charge in [-0.15, -0.1) is 0 Å². The number of aromatic hydroxyl groups is 1. The molecule has 3 heteroatoms. The van der Waals surface area contributed by atoms with Gasteiger partial charge in [0.2, 0.25) is 0 Å². The smallest absolute Gasteiger partial charge is 0.126 e. The molecule has 1 unspecified atom stereocenters. The molecule has 0 aliphatic rings. The van der Waals surface area contributed by atoms with Gasteiger partial charge in [-0.05, 0) is 19.1 Å². The van der Waals surface area contributed by atoms with Gasteiger partial charge in [0, 0.05) is 17.7 Å². The van der Waals surface area contributed by atoms with Crippen molar-refractivity contribution in [3.8, 4) is 11.5 Å². The molecule has 1 aromatic carbocycles. The molecule has 3 nitrogen and oxygen atoms in total. The van der Waals surface area contributed by atoms with Crippen LogP contribution in [0.3, 0.4) is 0 Å². The molecule has 0 heterocycles. The highest BCUT2D eigenvalue weighted by Crippen LogP contribution is 2.24. The van der Waals surface area contributed by atoms with Crippen LogP contribution in [0.1, 0.15) is 12.5 Å². The first-order valence-corrected chi connectivity index (χ1v) is 4.44. The van der Waals surface area contributed by atoms with Crippen LogP contribution in [0.2, 0.25) is 0 Å². The molecule has 1 atom stereocenters. The van der Waals surface area contributed by atoms with Crippen molar-refractivity contribution >= 4 is 6.08 Å². The van der Waals surface area contributed by atoms with Crippen LogP contribution in [0.15, 0.2) is 24.3 Å². The SMILES string of the molecule is COc1ccc(/C=C/C(C)N)c(O)c1. The lowest BCUT2D eigenvalue weighted by Crippen LogP contribution is -2.09. The molecule has 0 fully saturated rings. The topological polar surface area (TPSA) is 55.5 Å². The van der Waals surface area contributed by atoms with Gasteiger partial charge < -0.3 is 15.6 Å². The first kappa shape index (κ1) is 10.6. The van der Waals surface area contributed by atoms with Gasteiger partial charge in [0.1, 0.15) is 11.5 Å². The molecule has 0 saturated heterocycles. The van der Waals surface area contributed by atoms with Crippen LogP contribution in [0.4, 0.5) is 0 Å². The van der Waals surface area contributed by atoms with Crippen LogP contribution in [-0.2, 0) is 0 Å². The molecule has 0 bridgehead atoms. The zero-order valence-electron chi connectivity index (χ0n) is 8.40. The van der Waals surface area contributed by atoms with Crippen molar-refractivity contribution < 1.29 is 9.84 Å². The number of nitrogens with two attached hydrogens (primary N) is 1.